The highest BCUT2D eigenvalue weighted by molar-refractivity contribution is 6.74. The number of aldehydes is 1. The zero-order chi connectivity index (χ0) is 24.7. The molecule has 0 bridgehead atoms. The standard InChI is InChI=1S/C21H33N5O6Si/c1-11(2)17(28)24-20-23-16-13(18(29)25-20)22-10-26(16)19-15(30-6)14(12(9-27)31-19)32-33(7,8)21(3,4)5/h9-12,14-15,19H,1-8H3,(H2,23,24,25,28,29)/t12-,14-,15-,19-/m1/s1. The van der Waals surface area contributed by atoms with E-state index in [4.69, 9.17) is 13.9 Å². The fraction of sp³-hybridized carbons (Fsp3) is 0.667. The third-order valence-corrected chi connectivity index (χ3v) is 10.8. The highest BCUT2D eigenvalue weighted by Crippen LogP contribution is 2.42. The topological polar surface area (TPSA) is 137 Å². The number of hydrogen-bond acceptors (Lipinski definition) is 8. The molecule has 3 rings (SSSR count). The molecular formula is C21H33N5O6Si. The molecule has 1 aliphatic heterocycles. The van der Waals surface area contributed by atoms with Crippen molar-refractivity contribution in [3.8, 4) is 0 Å². The number of ether oxygens (including phenoxy) is 2. The fourth-order valence-electron chi connectivity index (χ4n) is 3.33. The molecule has 33 heavy (non-hydrogen) atoms. The van der Waals surface area contributed by atoms with E-state index in [-0.39, 0.29) is 34.0 Å². The second-order valence-electron chi connectivity index (χ2n) is 10.1. The molecule has 182 valence electrons. The van der Waals surface area contributed by atoms with Gasteiger partial charge in [-0.1, -0.05) is 34.6 Å². The third-order valence-electron chi connectivity index (χ3n) is 6.34. The molecule has 0 aliphatic carbocycles. The average Bonchev–Trinajstić information content (AvgIpc) is 3.27. The van der Waals surface area contributed by atoms with E-state index >= 15 is 0 Å². The summed E-state index contributed by atoms with van der Waals surface area (Å²) in [5, 5.41) is 2.50. The Kier molecular flexibility index (Phi) is 6.94. The SMILES string of the molecule is CO[C@@H]1[C@H](O[Si](C)(C)C(C)(C)C)[C@@H](C=O)O[C@H]1n1cnc2c(=O)[nH]c(NC(=O)C(C)C)nc21. The lowest BCUT2D eigenvalue weighted by Crippen LogP contribution is -2.49. The summed E-state index contributed by atoms with van der Waals surface area (Å²) in [5.41, 5.74) is -0.235. The quantitative estimate of drug-likeness (QED) is 0.455. The predicted octanol–water partition coefficient (Wildman–Crippen LogP) is 2.22. The van der Waals surface area contributed by atoms with Crippen molar-refractivity contribution in [1.82, 2.24) is 19.5 Å². The number of carbonyl (C=O) groups excluding carboxylic acids is 2. The molecule has 1 saturated heterocycles. The van der Waals surface area contributed by atoms with Gasteiger partial charge in [0.1, 0.15) is 18.3 Å². The highest BCUT2D eigenvalue weighted by atomic mass is 28.4. The summed E-state index contributed by atoms with van der Waals surface area (Å²) in [6, 6.07) is 0. The number of fused-ring (bicyclic) bond motifs is 1. The Labute approximate surface area is 193 Å². The molecule has 1 aliphatic rings. The van der Waals surface area contributed by atoms with Crippen LogP contribution in [0.3, 0.4) is 0 Å². The maximum absolute atomic E-state index is 12.5. The first-order chi connectivity index (χ1) is 15.3. The van der Waals surface area contributed by atoms with Gasteiger partial charge in [-0.05, 0) is 18.1 Å². The summed E-state index contributed by atoms with van der Waals surface area (Å²) in [7, 11) is -0.745. The number of carbonyl (C=O) groups is 2. The van der Waals surface area contributed by atoms with Gasteiger partial charge in [-0.15, -0.1) is 0 Å². The zero-order valence-corrected chi connectivity index (χ0v) is 21.3. The van der Waals surface area contributed by atoms with E-state index in [0.717, 1.165) is 0 Å². The normalized spacial score (nSPS) is 23.9. The Balaban J connectivity index is 2.02. The number of H-pyrrole nitrogens is 1. The number of rotatable bonds is 7. The summed E-state index contributed by atoms with van der Waals surface area (Å²) < 4.78 is 19.8. The van der Waals surface area contributed by atoms with Gasteiger partial charge in [0.15, 0.2) is 32.0 Å². The number of hydrogen-bond donors (Lipinski definition) is 2. The lowest BCUT2D eigenvalue weighted by molar-refractivity contribution is -0.122. The van der Waals surface area contributed by atoms with Crippen LogP contribution >= 0.6 is 0 Å². The minimum Gasteiger partial charge on any atom is -0.408 e. The van der Waals surface area contributed by atoms with Crippen molar-refractivity contribution in [2.24, 2.45) is 5.92 Å². The molecule has 0 radical (unpaired) electrons. The summed E-state index contributed by atoms with van der Waals surface area (Å²) in [6.07, 6.45) is -0.855. The second-order valence-corrected chi connectivity index (χ2v) is 14.8. The van der Waals surface area contributed by atoms with Gasteiger partial charge >= 0.3 is 0 Å². The molecule has 0 unspecified atom stereocenters. The van der Waals surface area contributed by atoms with Crippen LogP contribution in [0.15, 0.2) is 11.1 Å². The smallest absolute Gasteiger partial charge is 0.280 e. The van der Waals surface area contributed by atoms with Crippen molar-refractivity contribution in [3.05, 3.63) is 16.7 Å². The van der Waals surface area contributed by atoms with Crippen LogP contribution in [0, 0.1) is 5.92 Å². The molecule has 3 heterocycles. The van der Waals surface area contributed by atoms with E-state index in [9.17, 15) is 14.4 Å². The molecule has 4 atom stereocenters. The molecule has 1 amide bonds. The second kappa shape index (κ2) is 9.09. The van der Waals surface area contributed by atoms with Gasteiger partial charge in [0.05, 0.1) is 6.33 Å². The van der Waals surface area contributed by atoms with Crippen LogP contribution in [0.4, 0.5) is 5.95 Å². The minimum absolute atomic E-state index is 0.000856. The van der Waals surface area contributed by atoms with Crippen molar-refractivity contribution in [3.63, 3.8) is 0 Å². The number of aromatic amines is 1. The molecule has 0 aromatic carbocycles. The van der Waals surface area contributed by atoms with Crippen LogP contribution in [-0.4, -0.2) is 65.5 Å². The Morgan fingerprint density at radius 2 is 2.00 bits per heavy atom. The van der Waals surface area contributed by atoms with E-state index in [2.05, 4.69) is 54.1 Å². The number of methoxy groups -OCH3 is 1. The monoisotopic (exact) mass is 479 g/mol. The van der Waals surface area contributed by atoms with Gasteiger partial charge in [-0.3, -0.25) is 24.5 Å². The number of imidazole rings is 1. The lowest BCUT2D eigenvalue weighted by Gasteiger charge is -2.39. The van der Waals surface area contributed by atoms with Crippen molar-refractivity contribution in [2.75, 3.05) is 12.4 Å². The minimum atomic E-state index is -2.26. The van der Waals surface area contributed by atoms with Crippen LogP contribution in [-0.2, 0) is 23.5 Å². The molecule has 2 aromatic heterocycles. The fourth-order valence-corrected chi connectivity index (χ4v) is 4.63. The molecule has 2 aromatic rings. The number of aromatic nitrogens is 4. The Hall–Kier alpha value is -2.41. The van der Waals surface area contributed by atoms with E-state index in [1.54, 1.807) is 13.8 Å². The van der Waals surface area contributed by atoms with Crippen LogP contribution in [0.2, 0.25) is 18.1 Å². The predicted molar refractivity (Wildman–Crippen MR) is 124 cm³/mol. The van der Waals surface area contributed by atoms with Crippen LogP contribution in [0.25, 0.3) is 11.2 Å². The summed E-state index contributed by atoms with van der Waals surface area (Å²) in [6.45, 7) is 14.0. The molecular weight excluding hydrogens is 446 g/mol. The molecule has 11 nitrogen and oxygen atoms in total. The maximum Gasteiger partial charge on any atom is 0.280 e. The van der Waals surface area contributed by atoms with E-state index in [0.29, 0.717) is 6.29 Å². The number of nitrogens with one attached hydrogen (secondary N) is 2. The van der Waals surface area contributed by atoms with Gasteiger partial charge in [0.25, 0.3) is 5.56 Å². The van der Waals surface area contributed by atoms with E-state index < -0.39 is 38.4 Å². The largest absolute Gasteiger partial charge is 0.408 e. The third kappa shape index (κ3) is 4.79. The molecule has 0 saturated carbocycles. The summed E-state index contributed by atoms with van der Waals surface area (Å²) in [5.74, 6) is -0.589. The number of anilines is 1. The first-order valence-electron chi connectivity index (χ1n) is 10.9. The Morgan fingerprint density at radius 1 is 1.33 bits per heavy atom. The van der Waals surface area contributed by atoms with Crippen molar-refractivity contribution >= 4 is 37.6 Å². The van der Waals surface area contributed by atoms with Gasteiger partial charge in [0, 0.05) is 13.0 Å². The van der Waals surface area contributed by atoms with Gasteiger partial charge in [0.2, 0.25) is 11.9 Å². The van der Waals surface area contributed by atoms with Crippen LogP contribution in [0.1, 0.15) is 40.8 Å². The number of amides is 1. The molecule has 12 heteroatoms. The molecule has 1 fully saturated rings. The first kappa shape index (κ1) is 25.2. The van der Waals surface area contributed by atoms with Gasteiger partial charge in [-0.25, -0.2) is 4.98 Å². The van der Waals surface area contributed by atoms with Gasteiger partial charge in [-0.2, -0.15) is 4.98 Å². The maximum atomic E-state index is 12.5. The van der Waals surface area contributed by atoms with Crippen molar-refractivity contribution < 1.29 is 23.5 Å². The summed E-state index contributed by atoms with van der Waals surface area (Å²) in [4.78, 5) is 47.6. The zero-order valence-electron chi connectivity index (χ0n) is 20.3. The number of nitrogens with zero attached hydrogens (tertiary/aromatic N) is 3. The highest BCUT2D eigenvalue weighted by Gasteiger charge is 2.51. The van der Waals surface area contributed by atoms with Crippen molar-refractivity contribution in [2.45, 2.75) is 77.3 Å². The van der Waals surface area contributed by atoms with E-state index in [1.165, 1.54) is 18.0 Å². The Morgan fingerprint density at radius 3 is 2.55 bits per heavy atom. The van der Waals surface area contributed by atoms with Crippen LogP contribution in [0.5, 0.6) is 0 Å². The average molecular weight is 480 g/mol. The lowest BCUT2D eigenvalue weighted by atomic mass is 10.1. The first-order valence-corrected chi connectivity index (χ1v) is 13.8. The molecule has 0 spiro atoms. The van der Waals surface area contributed by atoms with Crippen molar-refractivity contribution in [1.29, 1.82) is 0 Å². The van der Waals surface area contributed by atoms with Crippen LogP contribution < -0.4 is 10.9 Å². The van der Waals surface area contributed by atoms with E-state index in [1.807, 2.05) is 0 Å². The molecule has 2 N–H and O–H groups in total. The van der Waals surface area contributed by atoms with Gasteiger partial charge < -0.3 is 18.7 Å². The Bertz CT molecular complexity index is 1090. The summed E-state index contributed by atoms with van der Waals surface area (Å²) >= 11 is 0.